The van der Waals surface area contributed by atoms with Gasteiger partial charge in [-0.2, -0.15) is 0 Å². The van der Waals surface area contributed by atoms with Crippen LogP contribution in [0.3, 0.4) is 0 Å². The lowest BCUT2D eigenvalue weighted by molar-refractivity contribution is 0.271. The molecule has 2 aromatic rings. The minimum Gasteiger partial charge on any atom is -0.390 e. The zero-order valence-corrected chi connectivity index (χ0v) is 13.8. The second-order valence-corrected chi connectivity index (χ2v) is 7.09. The SMILES string of the molecule is CC(Sc1ncc(CO)n1C)c1nnnn1C1CCCCC1. The number of imidazole rings is 1. The van der Waals surface area contributed by atoms with Gasteiger partial charge in [-0.1, -0.05) is 31.0 Å². The fourth-order valence-electron chi connectivity index (χ4n) is 2.95. The van der Waals surface area contributed by atoms with Gasteiger partial charge in [0.05, 0.1) is 29.8 Å². The fourth-order valence-corrected chi connectivity index (χ4v) is 3.91. The molecule has 2 aromatic heterocycles. The van der Waals surface area contributed by atoms with E-state index in [-0.39, 0.29) is 11.9 Å². The maximum atomic E-state index is 9.26. The maximum Gasteiger partial charge on any atom is 0.168 e. The number of aliphatic hydroxyl groups is 1. The number of aromatic nitrogens is 6. The van der Waals surface area contributed by atoms with Crippen molar-refractivity contribution in [1.29, 1.82) is 0 Å². The van der Waals surface area contributed by atoms with Gasteiger partial charge in [-0.05, 0) is 30.2 Å². The van der Waals surface area contributed by atoms with E-state index in [9.17, 15) is 5.11 Å². The van der Waals surface area contributed by atoms with E-state index in [1.807, 2.05) is 16.3 Å². The van der Waals surface area contributed by atoms with Crippen LogP contribution in [0.15, 0.2) is 11.4 Å². The van der Waals surface area contributed by atoms with E-state index in [0.717, 1.165) is 29.5 Å². The molecule has 3 rings (SSSR count). The van der Waals surface area contributed by atoms with Gasteiger partial charge >= 0.3 is 0 Å². The highest BCUT2D eigenvalue weighted by atomic mass is 32.2. The summed E-state index contributed by atoms with van der Waals surface area (Å²) in [5.74, 6) is 0.908. The Hall–Kier alpha value is -1.41. The molecule has 7 nitrogen and oxygen atoms in total. The van der Waals surface area contributed by atoms with Crippen LogP contribution in [0, 0.1) is 0 Å². The topological polar surface area (TPSA) is 81.7 Å². The molecule has 0 aromatic carbocycles. The van der Waals surface area contributed by atoms with Crippen molar-refractivity contribution in [1.82, 2.24) is 29.8 Å². The van der Waals surface area contributed by atoms with Crippen molar-refractivity contribution in [3.05, 3.63) is 17.7 Å². The van der Waals surface area contributed by atoms with Crippen LogP contribution in [0.5, 0.6) is 0 Å². The molecule has 0 amide bonds. The standard InChI is InChI=1S/C14H22N6OS/c1-10(22-14-15-8-12(9-21)19(14)2)13-16-17-18-20(13)11-6-4-3-5-7-11/h8,10-11,21H,3-7,9H2,1-2H3. The van der Waals surface area contributed by atoms with Gasteiger partial charge in [0.1, 0.15) is 0 Å². The summed E-state index contributed by atoms with van der Waals surface area (Å²) in [4.78, 5) is 4.37. The van der Waals surface area contributed by atoms with Gasteiger partial charge in [-0.15, -0.1) is 5.10 Å². The Bertz CT molecular complexity index is 619. The van der Waals surface area contributed by atoms with Gasteiger partial charge < -0.3 is 9.67 Å². The van der Waals surface area contributed by atoms with Crippen LogP contribution in [-0.4, -0.2) is 34.9 Å². The van der Waals surface area contributed by atoms with Crippen molar-refractivity contribution in [3.63, 3.8) is 0 Å². The van der Waals surface area contributed by atoms with Crippen molar-refractivity contribution in [2.75, 3.05) is 0 Å². The molecule has 1 aliphatic rings. The first-order chi connectivity index (χ1) is 10.7. The Kier molecular flexibility index (Phi) is 4.77. The van der Waals surface area contributed by atoms with Crippen molar-refractivity contribution in [2.45, 2.75) is 62.1 Å². The first-order valence-corrected chi connectivity index (χ1v) is 8.64. The number of thioether (sulfide) groups is 1. The highest BCUT2D eigenvalue weighted by molar-refractivity contribution is 7.99. The van der Waals surface area contributed by atoms with E-state index in [1.165, 1.54) is 19.3 Å². The summed E-state index contributed by atoms with van der Waals surface area (Å²) in [7, 11) is 1.91. The maximum absolute atomic E-state index is 9.26. The summed E-state index contributed by atoms with van der Waals surface area (Å²) in [5, 5.41) is 22.6. The number of nitrogens with zero attached hydrogens (tertiary/aromatic N) is 6. The van der Waals surface area contributed by atoms with E-state index >= 15 is 0 Å². The highest BCUT2D eigenvalue weighted by Crippen LogP contribution is 2.36. The van der Waals surface area contributed by atoms with Gasteiger partial charge in [0.25, 0.3) is 0 Å². The zero-order chi connectivity index (χ0) is 15.5. The first-order valence-electron chi connectivity index (χ1n) is 7.76. The summed E-state index contributed by atoms with van der Waals surface area (Å²) in [5.41, 5.74) is 0.807. The van der Waals surface area contributed by atoms with E-state index in [2.05, 4.69) is 27.4 Å². The smallest absolute Gasteiger partial charge is 0.168 e. The molecule has 0 spiro atoms. The molecule has 1 aliphatic carbocycles. The van der Waals surface area contributed by atoms with Crippen LogP contribution in [0.2, 0.25) is 0 Å². The molecule has 0 radical (unpaired) electrons. The van der Waals surface area contributed by atoms with Gasteiger partial charge in [-0.3, -0.25) is 0 Å². The predicted octanol–water partition coefficient (Wildman–Crippen LogP) is 2.26. The van der Waals surface area contributed by atoms with Crippen LogP contribution < -0.4 is 0 Å². The van der Waals surface area contributed by atoms with Crippen molar-refractivity contribution in [2.24, 2.45) is 7.05 Å². The van der Waals surface area contributed by atoms with Gasteiger partial charge in [0.2, 0.25) is 0 Å². The summed E-state index contributed by atoms with van der Waals surface area (Å²) in [6.45, 7) is 2.10. The zero-order valence-electron chi connectivity index (χ0n) is 13.0. The number of rotatable bonds is 5. The number of hydrogen-bond donors (Lipinski definition) is 1. The number of hydrogen-bond acceptors (Lipinski definition) is 6. The lowest BCUT2D eigenvalue weighted by atomic mass is 9.95. The van der Waals surface area contributed by atoms with Crippen molar-refractivity contribution >= 4 is 11.8 Å². The summed E-state index contributed by atoms with van der Waals surface area (Å²) >= 11 is 1.62. The lowest BCUT2D eigenvalue weighted by Crippen LogP contribution is -2.17. The average Bonchev–Trinajstić information content (AvgIpc) is 3.16. The Morgan fingerprint density at radius 1 is 1.36 bits per heavy atom. The van der Waals surface area contributed by atoms with Gasteiger partial charge in [0, 0.05) is 7.05 Å². The minimum atomic E-state index is -0.00173. The third kappa shape index (κ3) is 3.03. The van der Waals surface area contributed by atoms with E-state index < -0.39 is 0 Å². The van der Waals surface area contributed by atoms with Crippen LogP contribution in [0.1, 0.15) is 61.8 Å². The molecule has 0 saturated heterocycles. The second kappa shape index (κ2) is 6.78. The predicted molar refractivity (Wildman–Crippen MR) is 83.3 cm³/mol. The Morgan fingerprint density at radius 3 is 2.82 bits per heavy atom. The van der Waals surface area contributed by atoms with Crippen LogP contribution in [0.4, 0.5) is 0 Å². The van der Waals surface area contributed by atoms with Crippen LogP contribution in [0.25, 0.3) is 0 Å². The quantitative estimate of drug-likeness (QED) is 0.850. The molecule has 2 heterocycles. The molecule has 1 fully saturated rings. The van der Waals surface area contributed by atoms with Crippen molar-refractivity contribution in [3.8, 4) is 0 Å². The van der Waals surface area contributed by atoms with Gasteiger partial charge in [0.15, 0.2) is 11.0 Å². The Balaban J connectivity index is 1.76. The Labute approximate surface area is 134 Å². The summed E-state index contributed by atoms with van der Waals surface area (Å²) < 4.78 is 3.92. The normalized spacial score (nSPS) is 17.8. The van der Waals surface area contributed by atoms with E-state index in [1.54, 1.807) is 18.0 Å². The number of tetrazole rings is 1. The molecule has 0 aliphatic heterocycles. The number of aliphatic hydroxyl groups excluding tert-OH is 1. The molecule has 22 heavy (non-hydrogen) atoms. The lowest BCUT2D eigenvalue weighted by Gasteiger charge is -2.23. The summed E-state index contributed by atoms with van der Waals surface area (Å²) in [6, 6.07) is 0.427. The van der Waals surface area contributed by atoms with E-state index in [4.69, 9.17) is 0 Å². The summed E-state index contributed by atoms with van der Waals surface area (Å²) in [6.07, 6.45) is 7.85. The molecule has 120 valence electrons. The molecule has 1 atom stereocenters. The second-order valence-electron chi connectivity index (χ2n) is 5.78. The molecular weight excluding hydrogens is 300 g/mol. The molecule has 1 N–H and O–H groups in total. The largest absolute Gasteiger partial charge is 0.390 e. The molecule has 0 bridgehead atoms. The highest BCUT2D eigenvalue weighted by Gasteiger charge is 2.24. The molecular formula is C14H22N6OS. The minimum absolute atomic E-state index is 0.00173. The third-order valence-electron chi connectivity index (χ3n) is 4.29. The van der Waals surface area contributed by atoms with Crippen LogP contribution >= 0.6 is 11.8 Å². The van der Waals surface area contributed by atoms with Gasteiger partial charge in [-0.25, -0.2) is 9.67 Å². The average molecular weight is 322 g/mol. The van der Waals surface area contributed by atoms with Crippen LogP contribution in [-0.2, 0) is 13.7 Å². The molecule has 1 unspecified atom stereocenters. The van der Waals surface area contributed by atoms with Crippen molar-refractivity contribution < 1.29 is 5.11 Å². The fraction of sp³-hybridized carbons (Fsp3) is 0.714. The Morgan fingerprint density at radius 2 is 2.14 bits per heavy atom. The molecule has 8 heteroatoms. The monoisotopic (exact) mass is 322 g/mol. The van der Waals surface area contributed by atoms with E-state index in [0.29, 0.717) is 6.04 Å². The first kappa shape index (κ1) is 15.5. The third-order valence-corrected chi connectivity index (χ3v) is 5.44. The molecule has 1 saturated carbocycles.